The van der Waals surface area contributed by atoms with Gasteiger partial charge in [-0.15, -0.1) is 0 Å². The molecule has 0 saturated heterocycles. The summed E-state index contributed by atoms with van der Waals surface area (Å²) in [6.45, 7) is 4.79. The van der Waals surface area contributed by atoms with Crippen molar-refractivity contribution < 1.29 is 14.5 Å². The molecule has 0 aromatic heterocycles. The van der Waals surface area contributed by atoms with Gasteiger partial charge in [-0.1, -0.05) is 0 Å². The second-order valence-electron chi connectivity index (χ2n) is 3.39. The zero-order valence-corrected chi connectivity index (χ0v) is 7.49. The van der Waals surface area contributed by atoms with Crippen LogP contribution in [0.3, 0.4) is 0 Å². The lowest BCUT2D eigenvalue weighted by molar-refractivity contribution is -0.479. The second kappa shape index (κ2) is 4.04. The molecule has 70 valence electrons. The normalized spacial score (nSPS) is 10.9. The van der Waals surface area contributed by atoms with Crippen LogP contribution in [0.15, 0.2) is 0 Å². The van der Waals surface area contributed by atoms with E-state index in [-0.39, 0.29) is 13.0 Å². The van der Waals surface area contributed by atoms with Crippen molar-refractivity contribution in [2.75, 3.05) is 6.54 Å². The summed E-state index contributed by atoms with van der Waals surface area (Å²) in [6.07, 6.45) is -0.162. The van der Waals surface area contributed by atoms with Gasteiger partial charge in [-0.3, -0.25) is 14.9 Å². The highest BCUT2D eigenvalue weighted by Crippen LogP contribution is 2.07. The Bertz CT molecular complexity index is 182. The molecule has 0 aliphatic carbocycles. The Hall–Kier alpha value is -1.13. The third-order valence-corrected chi connectivity index (χ3v) is 0.919. The molecular weight excluding hydrogens is 162 g/mol. The van der Waals surface area contributed by atoms with Crippen LogP contribution in [0.25, 0.3) is 0 Å². The second-order valence-corrected chi connectivity index (χ2v) is 3.39. The third kappa shape index (κ3) is 6.98. The molecule has 0 aromatic carbocycles. The predicted octanol–water partition coefficient (Wildman–Crippen LogP) is 0.995. The summed E-state index contributed by atoms with van der Waals surface area (Å²) in [4.78, 5) is 20.2. The van der Waals surface area contributed by atoms with Crippen LogP contribution in [-0.4, -0.2) is 23.0 Å². The zero-order valence-electron chi connectivity index (χ0n) is 7.49. The van der Waals surface area contributed by atoms with Crippen LogP contribution in [-0.2, 0) is 9.53 Å². The maximum atomic E-state index is 10.8. The SMILES string of the molecule is CC(C)(C)OC(=O)CC[N+](=O)[O-]. The number of nitrogens with zero attached hydrogens (tertiary/aromatic N) is 1. The topological polar surface area (TPSA) is 69.4 Å². The molecule has 0 atom stereocenters. The first-order valence-corrected chi connectivity index (χ1v) is 3.65. The molecule has 0 radical (unpaired) electrons. The molecule has 0 N–H and O–H groups in total. The quantitative estimate of drug-likeness (QED) is 0.364. The first-order valence-electron chi connectivity index (χ1n) is 3.65. The van der Waals surface area contributed by atoms with Crippen molar-refractivity contribution in [1.82, 2.24) is 0 Å². The van der Waals surface area contributed by atoms with Crippen molar-refractivity contribution >= 4 is 5.97 Å². The summed E-state index contributed by atoms with van der Waals surface area (Å²) in [7, 11) is 0. The largest absolute Gasteiger partial charge is 0.460 e. The number of esters is 1. The summed E-state index contributed by atoms with van der Waals surface area (Å²) < 4.78 is 4.84. The lowest BCUT2D eigenvalue weighted by Crippen LogP contribution is -2.25. The van der Waals surface area contributed by atoms with Crippen molar-refractivity contribution in [2.45, 2.75) is 32.8 Å². The van der Waals surface area contributed by atoms with Gasteiger partial charge in [0, 0.05) is 4.92 Å². The highest BCUT2D eigenvalue weighted by Gasteiger charge is 2.17. The average molecular weight is 175 g/mol. The van der Waals surface area contributed by atoms with E-state index < -0.39 is 16.5 Å². The smallest absolute Gasteiger partial charge is 0.312 e. The minimum atomic E-state index is -0.562. The Balaban J connectivity index is 3.68. The van der Waals surface area contributed by atoms with Gasteiger partial charge >= 0.3 is 5.97 Å². The zero-order chi connectivity index (χ0) is 9.78. The molecule has 0 aliphatic heterocycles. The van der Waals surface area contributed by atoms with Crippen LogP contribution in [0.4, 0.5) is 0 Å². The lowest BCUT2D eigenvalue weighted by atomic mass is 10.2. The molecule has 0 aliphatic rings. The van der Waals surface area contributed by atoms with Crippen LogP contribution in [0.1, 0.15) is 27.2 Å². The Kier molecular flexibility index (Phi) is 3.66. The first-order chi connectivity index (χ1) is 5.31. The van der Waals surface area contributed by atoms with Crippen molar-refractivity contribution in [2.24, 2.45) is 0 Å². The van der Waals surface area contributed by atoms with E-state index in [1.165, 1.54) is 0 Å². The highest BCUT2D eigenvalue weighted by molar-refractivity contribution is 5.69. The van der Waals surface area contributed by atoms with Crippen LogP contribution in [0.2, 0.25) is 0 Å². The van der Waals surface area contributed by atoms with E-state index in [9.17, 15) is 14.9 Å². The molecule has 12 heavy (non-hydrogen) atoms. The fourth-order valence-electron chi connectivity index (χ4n) is 0.575. The van der Waals surface area contributed by atoms with Crippen molar-refractivity contribution in [3.8, 4) is 0 Å². The van der Waals surface area contributed by atoms with Crippen LogP contribution < -0.4 is 0 Å². The number of rotatable bonds is 3. The molecule has 0 saturated carbocycles. The standard InChI is InChI=1S/C7H13NO4/c1-7(2,3)12-6(9)4-5-8(10)11/h4-5H2,1-3H3. The predicted molar refractivity (Wildman–Crippen MR) is 42.3 cm³/mol. The summed E-state index contributed by atoms with van der Waals surface area (Å²) in [5, 5.41) is 9.87. The first kappa shape index (κ1) is 10.9. The van der Waals surface area contributed by atoms with Crippen molar-refractivity contribution in [1.29, 1.82) is 0 Å². The molecule has 0 rings (SSSR count). The van der Waals surface area contributed by atoms with E-state index in [1.54, 1.807) is 20.8 Å². The molecule has 0 bridgehead atoms. The van der Waals surface area contributed by atoms with Crippen LogP contribution in [0.5, 0.6) is 0 Å². The number of hydrogen-bond donors (Lipinski definition) is 0. The number of carbonyl (C=O) groups is 1. The maximum absolute atomic E-state index is 10.8. The molecule has 5 heteroatoms. The molecule has 0 spiro atoms. The van der Waals surface area contributed by atoms with Gasteiger partial charge in [0.1, 0.15) is 12.0 Å². The molecule has 0 amide bonds. The van der Waals surface area contributed by atoms with Gasteiger partial charge in [0.05, 0.1) is 0 Å². The monoisotopic (exact) mass is 175 g/mol. The van der Waals surface area contributed by atoms with Gasteiger partial charge < -0.3 is 4.74 Å². The Morgan fingerprint density at radius 3 is 2.33 bits per heavy atom. The summed E-state index contributed by atoms with van der Waals surface area (Å²) in [6, 6.07) is 0. The van der Waals surface area contributed by atoms with E-state index in [0.717, 1.165) is 0 Å². The minimum Gasteiger partial charge on any atom is -0.460 e. The van der Waals surface area contributed by atoms with Gasteiger partial charge in [-0.05, 0) is 20.8 Å². The minimum absolute atomic E-state index is 0.162. The van der Waals surface area contributed by atoms with E-state index in [4.69, 9.17) is 4.74 Å². The maximum Gasteiger partial charge on any atom is 0.312 e. The average Bonchev–Trinajstić information content (AvgIpc) is 1.79. The highest BCUT2D eigenvalue weighted by atomic mass is 16.6. The number of ether oxygens (including phenoxy) is 1. The van der Waals surface area contributed by atoms with Crippen LogP contribution in [0, 0.1) is 10.1 Å². The van der Waals surface area contributed by atoms with Gasteiger partial charge in [0.2, 0.25) is 6.54 Å². The van der Waals surface area contributed by atoms with E-state index in [1.807, 2.05) is 0 Å². The molecule has 0 unspecified atom stereocenters. The van der Waals surface area contributed by atoms with Gasteiger partial charge in [-0.25, -0.2) is 0 Å². The lowest BCUT2D eigenvalue weighted by Gasteiger charge is -2.18. The number of carbonyl (C=O) groups excluding carboxylic acids is 1. The summed E-state index contributed by atoms with van der Waals surface area (Å²) in [5.41, 5.74) is -0.562. The Morgan fingerprint density at radius 1 is 1.50 bits per heavy atom. The van der Waals surface area contributed by atoms with E-state index in [2.05, 4.69) is 0 Å². The van der Waals surface area contributed by atoms with E-state index in [0.29, 0.717) is 0 Å². The fourth-order valence-corrected chi connectivity index (χ4v) is 0.575. The van der Waals surface area contributed by atoms with Gasteiger partial charge in [0.25, 0.3) is 0 Å². The van der Waals surface area contributed by atoms with E-state index >= 15 is 0 Å². The Morgan fingerprint density at radius 2 is 2.00 bits per heavy atom. The van der Waals surface area contributed by atoms with Crippen molar-refractivity contribution in [3.63, 3.8) is 0 Å². The number of hydrogen-bond acceptors (Lipinski definition) is 4. The molecule has 0 fully saturated rings. The molecular formula is C7H13NO4. The van der Waals surface area contributed by atoms with Gasteiger partial charge in [0.15, 0.2) is 0 Å². The summed E-state index contributed by atoms with van der Waals surface area (Å²) >= 11 is 0. The molecule has 0 heterocycles. The van der Waals surface area contributed by atoms with Crippen LogP contribution >= 0.6 is 0 Å². The Labute approximate surface area is 70.9 Å². The third-order valence-electron chi connectivity index (χ3n) is 0.919. The molecule has 5 nitrogen and oxygen atoms in total. The summed E-state index contributed by atoms with van der Waals surface area (Å²) in [5.74, 6) is -0.529. The number of nitro groups is 1. The fraction of sp³-hybridized carbons (Fsp3) is 0.857. The molecule has 0 aromatic rings. The van der Waals surface area contributed by atoms with Crippen molar-refractivity contribution in [3.05, 3.63) is 10.1 Å². The van der Waals surface area contributed by atoms with Gasteiger partial charge in [-0.2, -0.15) is 0 Å².